The Morgan fingerprint density at radius 1 is 1.41 bits per heavy atom. The van der Waals surface area contributed by atoms with Crippen molar-refractivity contribution in [1.29, 1.82) is 0 Å². The number of nitrogens with one attached hydrogen (secondary N) is 1. The van der Waals surface area contributed by atoms with E-state index in [4.69, 9.17) is 9.26 Å². The molecule has 0 radical (unpaired) electrons. The van der Waals surface area contributed by atoms with E-state index in [0.717, 1.165) is 6.42 Å². The first kappa shape index (κ1) is 14.4. The number of carbonyl (C=O) groups is 1. The molecule has 2 aromatic rings. The minimum Gasteiger partial charge on any atom is -0.477 e. The molecule has 2 aromatic heterocycles. The van der Waals surface area contributed by atoms with Crippen LogP contribution in [0.2, 0.25) is 0 Å². The van der Waals surface area contributed by atoms with Gasteiger partial charge in [0.25, 0.3) is 0 Å². The monoisotopic (exact) mass is 303 g/mol. The molecule has 3 heterocycles. The zero-order valence-corrected chi connectivity index (χ0v) is 12.4. The third-order valence-electron chi connectivity index (χ3n) is 3.40. The highest BCUT2D eigenvalue weighted by Gasteiger charge is 2.29. The number of aromatic nitrogens is 4. The number of carbonyl (C=O) groups excluding carboxylic acids is 1. The van der Waals surface area contributed by atoms with Crippen LogP contribution < -0.4 is 10.1 Å². The summed E-state index contributed by atoms with van der Waals surface area (Å²) in [6, 6.07) is -0.242. The smallest absolute Gasteiger partial charge is 0.249 e. The summed E-state index contributed by atoms with van der Waals surface area (Å²) >= 11 is 0. The van der Waals surface area contributed by atoms with Gasteiger partial charge in [0.15, 0.2) is 0 Å². The van der Waals surface area contributed by atoms with Crippen LogP contribution in [0.15, 0.2) is 16.9 Å². The molecule has 0 aromatic carbocycles. The molecule has 1 N–H and O–H groups in total. The number of hydrogen-bond acceptors (Lipinski definition) is 7. The molecule has 0 unspecified atom stereocenters. The first-order valence-corrected chi connectivity index (χ1v) is 7.24. The molecule has 1 fully saturated rings. The number of hydrogen-bond donors (Lipinski definition) is 1. The SMILES string of the molecule is CCOc1cnc(-c2noc([C@@H]3C[C@H](C)CC(=O)N3)n2)cn1. The Kier molecular flexibility index (Phi) is 3.99. The fourth-order valence-electron chi connectivity index (χ4n) is 2.41. The molecule has 0 spiro atoms. The third-order valence-corrected chi connectivity index (χ3v) is 3.40. The van der Waals surface area contributed by atoms with Crippen molar-refractivity contribution in [3.8, 4) is 17.4 Å². The Hall–Kier alpha value is -2.51. The molecule has 0 aliphatic carbocycles. The number of piperidine rings is 1. The summed E-state index contributed by atoms with van der Waals surface area (Å²) in [6.45, 7) is 4.43. The van der Waals surface area contributed by atoms with Crippen LogP contribution in [-0.2, 0) is 4.79 Å². The van der Waals surface area contributed by atoms with Crippen LogP contribution in [0.4, 0.5) is 0 Å². The molecule has 0 bridgehead atoms. The lowest BCUT2D eigenvalue weighted by atomic mass is 9.94. The average Bonchev–Trinajstić information content (AvgIpc) is 2.97. The van der Waals surface area contributed by atoms with Crippen LogP contribution in [-0.4, -0.2) is 32.6 Å². The van der Waals surface area contributed by atoms with Crippen LogP contribution in [0.3, 0.4) is 0 Å². The van der Waals surface area contributed by atoms with Gasteiger partial charge in [0.05, 0.1) is 19.0 Å². The normalized spacial score (nSPS) is 21.5. The fourth-order valence-corrected chi connectivity index (χ4v) is 2.41. The van der Waals surface area contributed by atoms with Gasteiger partial charge in [-0.25, -0.2) is 9.97 Å². The largest absolute Gasteiger partial charge is 0.477 e. The Labute approximate surface area is 127 Å². The summed E-state index contributed by atoms with van der Waals surface area (Å²) < 4.78 is 10.5. The van der Waals surface area contributed by atoms with Crippen molar-refractivity contribution in [2.24, 2.45) is 5.92 Å². The van der Waals surface area contributed by atoms with Gasteiger partial charge in [0, 0.05) is 6.42 Å². The number of ether oxygens (including phenoxy) is 1. The van der Waals surface area contributed by atoms with Crippen molar-refractivity contribution in [2.45, 2.75) is 32.7 Å². The van der Waals surface area contributed by atoms with E-state index in [2.05, 4.69) is 25.4 Å². The van der Waals surface area contributed by atoms with Gasteiger partial charge in [-0.05, 0) is 19.3 Å². The lowest BCUT2D eigenvalue weighted by Gasteiger charge is -2.24. The van der Waals surface area contributed by atoms with Crippen molar-refractivity contribution >= 4 is 5.91 Å². The van der Waals surface area contributed by atoms with E-state index in [-0.39, 0.29) is 11.9 Å². The van der Waals surface area contributed by atoms with E-state index in [0.29, 0.717) is 42.2 Å². The van der Waals surface area contributed by atoms with Gasteiger partial charge in [0.2, 0.25) is 23.5 Å². The van der Waals surface area contributed by atoms with E-state index >= 15 is 0 Å². The van der Waals surface area contributed by atoms with Crippen LogP contribution in [0.1, 0.15) is 38.6 Å². The van der Waals surface area contributed by atoms with Crippen LogP contribution in [0.5, 0.6) is 5.88 Å². The van der Waals surface area contributed by atoms with Crippen LogP contribution in [0, 0.1) is 5.92 Å². The summed E-state index contributed by atoms with van der Waals surface area (Å²) in [7, 11) is 0. The molecule has 8 nitrogen and oxygen atoms in total. The summed E-state index contributed by atoms with van der Waals surface area (Å²) in [5, 5.41) is 6.77. The van der Waals surface area contributed by atoms with E-state index in [1.807, 2.05) is 13.8 Å². The first-order valence-electron chi connectivity index (χ1n) is 7.24. The van der Waals surface area contributed by atoms with Gasteiger partial charge >= 0.3 is 0 Å². The Balaban J connectivity index is 1.77. The molecule has 1 aliphatic rings. The van der Waals surface area contributed by atoms with Gasteiger partial charge in [-0.2, -0.15) is 4.98 Å². The molecular weight excluding hydrogens is 286 g/mol. The zero-order chi connectivity index (χ0) is 15.5. The van der Waals surface area contributed by atoms with Crippen molar-refractivity contribution < 1.29 is 14.1 Å². The van der Waals surface area contributed by atoms with E-state index in [1.54, 1.807) is 0 Å². The highest BCUT2D eigenvalue weighted by atomic mass is 16.5. The predicted molar refractivity (Wildman–Crippen MR) is 75.8 cm³/mol. The molecule has 116 valence electrons. The molecule has 8 heteroatoms. The topological polar surface area (TPSA) is 103 Å². The summed E-state index contributed by atoms with van der Waals surface area (Å²) in [6.07, 6.45) is 4.35. The van der Waals surface area contributed by atoms with E-state index in [1.165, 1.54) is 12.4 Å². The maximum Gasteiger partial charge on any atom is 0.249 e. The highest BCUT2D eigenvalue weighted by Crippen LogP contribution is 2.27. The zero-order valence-electron chi connectivity index (χ0n) is 12.4. The maximum absolute atomic E-state index is 11.6. The molecule has 22 heavy (non-hydrogen) atoms. The molecule has 1 amide bonds. The second kappa shape index (κ2) is 6.08. The summed E-state index contributed by atoms with van der Waals surface area (Å²) in [4.78, 5) is 24.2. The van der Waals surface area contributed by atoms with Crippen molar-refractivity contribution in [1.82, 2.24) is 25.4 Å². The van der Waals surface area contributed by atoms with Gasteiger partial charge in [-0.1, -0.05) is 12.1 Å². The van der Waals surface area contributed by atoms with Gasteiger partial charge in [-0.3, -0.25) is 4.79 Å². The lowest BCUT2D eigenvalue weighted by molar-refractivity contribution is -0.124. The van der Waals surface area contributed by atoms with Crippen LogP contribution in [0.25, 0.3) is 11.5 Å². The Morgan fingerprint density at radius 3 is 2.95 bits per heavy atom. The molecule has 3 rings (SSSR count). The molecular formula is C14H17N5O3. The van der Waals surface area contributed by atoms with E-state index in [9.17, 15) is 4.79 Å². The van der Waals surface area contributed by atoms with Crippen molar-refractivity contribution in [2.75, 3.05) is 6.61 Å². The minimum atomic E-state index is -0.242. The Bertz CT molecular complexity index is 655. The number of nitrogens with zero attached hydrogens (tertiary/aromatic N) is 4. The van der Waals surface area contributed by atoms with Gasteiger partial charge in [0.1, 0.15) is 11.7 Å². The van der Waals surface area contributed by atoms with Gasteiger partial charge < -0.3 is 14.6 Å². The number of amides is 1. The second-order valence-corrected chi connectivity index (χ2v) is 5.29. The van der Waals surface area contributed by atoms with E-state index < -0.39 is 0 Å². The highest BCUT2D eigenvalue weighted by molar-refractivity contribution is 5.77. The maximum atomic E-state index is 11.6. The average molecular weight is 303 g/mol. The third kappa shape index (κ3) is 3.05. The first-order chi connectivity index (χ1) is 10.7. The van der Waals surface area contributed by atoms with Crippen molar-refractivity contribution in [3.05, 3.63) is 18.3 Å². The number of rotatable bonds is 4. The van der Waals surface area contributed by atoms with Crippen LogP contribution >= 0.6 is 0 Å². The summed E-state index contributed by atoms with van der Waals surface area (Å²) in [5.41, 5.74) is 0.494. The molecule has 2 atom stereocenters. The molecule has 1 aliphatic heterocycles. The molecule has 0 saturated carbocycles. The fraction of sp³-hybridized carbons (Fsp3) is 0.500. The minimum absolute atomic E-state index is 0.00404. The Morgan fingerprint density at radius 2 is 2.27 bits per heavy atom. The van der Waals surface area contributed by atoms with Gasteiger partial charge in [-0.15, -0.1) is 0 Å². The molecule has 1 saturated heterocycles. The lowest BCUT2D eigenvalue weighted by Crippen LogP contribution is -2.36. The second-order valence-electron chi connectivity index (χ2n) is 5.29. The predicted octanol–water partition coefficient (Wildman–Crippen LogP) is 1.51. The quantitative estimate of drug-likeness (QED) is 0.913. The van der Waals surface area contributed by atoms with Crippen molar-refractivity contribution in [3.63, 3.8) is 0 Å². The summed E-state index contributed by atoms with van der Waals surface area (Å²) in [5.74, 6) is 1.48. The standard InChI is InChI=1S/C14H17N5O3/c1-3-21-12-7-15-10(6-16-12)13-18-14(22-19-13)9-4-8(2)5-11(20)17-9/h6-9H,3-5H2,1-2H3,(H,17,20)/t8-,9-/m0/s1.